The Morgan fingerprint density at radius 1 is 0.529 bits per heavy atom. The summed E-state index contributed by atoms with van der Waals surface area (Å²) in [5.41, 5.74) is 5.22. The van der Waals surface area contributed by atoms with Gasteiger partial charge in [0.2, 0.25) is 0 Å². The Labute approximate surface area is 203 Å². The zero-order valence-corrected chi connectivity index (χ0v) is 19.6. The van der Waals surface area contributed by atoms with Crippen molar-refractivity contribution >= 4 is 0 Å². The van der Waals surface area contributed by atoms with Crippen molar-refractivity contribution in [3.63, 3.8) is 0 Å². The number of hydrogen-bond acceptors (Lipinski definition) is 2. The standard InChI is InChI=1S/C17H14O.C15H17N/c1-3-8-14(9-4-1)17(16-12-7-13-18-16)15-10-5-2-6-11-15;1-16(12-14-8-4-2-5-9-14)13-15-10-6-3-7-11-15/h1-13,17H;2-11H,12-13H2,1H3. The SMILES string of the molecule is CN(Cc1ccccc1)Cc1ccccc1.c1ccc(C(c2ccccc2)c2ccco2)cc1. The van der Waals surface area contributed by atoms with Crippen LogP contribution in [0.3, 0.4) is 0 Å². The van der Waals surface area contributed by atoms with E-state index in [4.69, 9.17) is 4.42 Å². The predicted octanol–water partition coefficient (Wildman–Crippen LogP) is 7.78. The van der Waals surface area contributed by atoms with Crippen molar-refractivity contribution in [2.75, 3.05) is 7.05 Å². The molecule has 1 aromatic heterocycles. The van der Waals surface area contributed by atoms with Crippen molar-refractivity contribution in [2.24, 2.45) is 0 Å². The molecule has 0 aliphatic rings. The molecule has 0 saturated heterocycles. The first kappa shape index (κ1) is 23.3. The lowest BCUT2D eigenvalue weighted by Gasteiger charge is -2.16. The molecule has 2 heteroatoms. The van der Waals surface area contributed by atoms with E-state index in [1.165, 1.54) is 22.3 Å². The van der Waals surface area contributed by atoms with Crippen LogP contribution in [-0.2, 0) is 13.1 Å². The normalized spacial score (nSPS) is 10.7. The molecule has 0 spiro atoms. The summed E-state index contributed by atoms with van der Waals surface area (Å²) in [5.74, 6) is 1.15. The third-order valence-electron chi connectivity index (χ3n) is 5.68. The first-order valence-electron chi connectivity index (χ1n) is 11.7. The number of benzene rings is 4. The van der Waals surface area contributed by atoms with Crippen LogP contribution in [-0.4, -0.2) is 11.9 Å². The fourth-order valence-corrected chi connectivity index (χ4v) is 4.11. The van der Waals surface area contributed by atoms with Crippen molar-refractivity contribution in [3.8, 4) is 0 Å². The van der Waals surface area contributed by atoms with Gasteiger partial charge in [-0.05, 0) is 41.4 Å². The average Bonchev–Trinajstić information content (AvgIpc) is 3.42. The van der Waals surface area contributed by atoms with E-state index in [-0.39, 0.29) is 5.92 Å². The third kappa shape index (κ3) is 6.81. The first-order chi connectivity index (χ1) is 16.8. The van der Waals surface area contributed by atoms with Crippen LogP contribution in [0.2, 0.25) is 0 Å². The fourth-order valence-electron chi connectivity index (χ4n) is 4.11. The number of hydrogen-bond donors (Lipinski definition) is 0. The van der Waals surface area contributed by atoms with E-state index in [0.29, 0.717) is 0 Å². The highest BCUT2D eigenvalue weighted by molar-refractivity contribution is 5.39. The van der Waals surface area contributed by atoms with Gasteiger partial charge in [0.25, 0.3) is 0 Å². The maximum atomic E-state index is 5.60. The highest BCUT2D eigenvalue weighted by Gasteiger charge is 2.18. The summed E-state index contributed by atoms with van der Waals surface area (Å²) >= 11 is 0. The molecule has 5 rings (SSSR count). The van der Waals surface area contributed by atoms with Crippen molar-refractivity contribution < 1.29 is 4.42 Å². The summed E-state index contributed by atoms with van der Waals surface area (Å²) < 4.78 is 5.60. The lowest BCUT2D eigenvalue weighted by Crippen LogP contribution is -2.16. The maximum absolute atomic E-state index is 5.60. The second-order valence-electron chi connectivity index (χ2n) is 8.41. The summed E-state index contributed by atoms with van der Waals surface area (Å²) in [6.07, 6.45) is 1.73. The molecule has 0 atom stereocenters. The maximum Gasteiger partial charge on any atom is 0.115 e. The Bertz CT molecular complexity index is 1110. The molecular formula is C32H31NO. The summed E-state index contributed by atoms with van der Waals surface area (Å²) in [7, 11) is 2.15. The molecule has 170 valence electrons. The Hall–Kier alpha value is -3.88. The molecule has 5 aromatic rings. The zero-order chi connectivity index (χ0) is 23.4. The largest absolute Gasteiger partial charge is 0.468 e. The van der Waals surface area contributed by atoms with Crippen molar-refractivity contribution in [1.29, 1.82) is 0 Å². The van der Waals surface area contributed by atoms with Crippen molar-refractivity contribution in [3.05, 3.63) is 168 Å². The van der Waals surface area contributed by atoms with Crippen LogP contribution in [0.5, 0.6) is 0 Å². The highest BCUT2D eigenvalue weighted by Crippen LogP contribution is 2.31. The molecule has 34 heavy (non-hydrogen) atoms. The molecule has 0 radical (unpaired) electrons. The van der Waals surface area contributed by atoms with Gasteiger partial charge in [0.15, 0.2) is 0 Å². The molecule has 0 fully saturated rings. The Morgan fingerprint density at radius 3 is 1.32 bits per heavy atom. The van der Waals surface area contributed by atoms with E-state index in [2.05, 4.69) is 121 Å². The fraction of sp³-hybridized carbons (Fsp3) is 0.125. The highest BCUT2D eigenvalue weighted by atomic mass is 16.3. The monoisotopic (exact) mass is 445 g/mol. The van der Waals surface area contributed by atoms with Crippen molar-refractivity contribution in [2.45, 2.75) is 19.0 Å². The van der Waals surface area contributed by atoms with Gasteiger partial charge in [-0.15, -0.1) is 0 Å². The molecule has 0 saturated carbocycles. The van der Waals surface area contributed by atoms with E-state index in [0.717, 1.165) is 18.8 Å². The van der Waals surface area contributed by atoms with Crippen LogP contribution in [0.1, 0.15) is 33.9 Å². The molecule has 0 aliphatic heterocycles. The lowest BCUT2D eigenvalue weighted by molar-refractivity contribution is 0.319. The molecule has 0 bridgehead atoms. The molecule has 4 aromatic carbocycles. The molecule has 0 N–H and O–H groups in total. The van der Waals surface area contributed by atoms with Crippen LogP contribution in [0, 0.1) is 0 Å². The van der Waals surface area contributed by atoms with Gasteiger partial charge < -0.3 is 4.42 Å². The minimum Gasteiger partial charge on any atom is -0.468 e. The minimum absolute atomic E-state index is 0.169. The Balaban J connectivity index is 0.000000162. The average molecular weight is 446 g/mol. The van der Waals surface area contributed by atoms with Gasteiger partial charge in [0.05, 0.1) is 12.2 Å². The summed E-state index contributed by atoms with van der Waals surface area (Å²) in [5, 5.41) is 0. The second-order valence-corrected chi connectivity index (χ2v) is 8.41. The van der Waals surface area contributed by atoms with Gasteiger partial charge in [-0.2, -0.15) is 0 Å². The van der Waals surface area contributed by atoms with Gasteiger partial charge in [0, 0.05) is 13.1 Å². The molecule has 0 aliphatic carbocycles. The number of rotatable bonds is 7. The lowest BCUT2D eigenvalue weighted by atomic mass is 9.89. The van der Waals surface area contributed by atoms with E-state index in [1.807, 2.05) is 24.3 Å². The van der Waals surface area contributed by atoms with Gasteiger partial charge >= 0.3 is 0 Å². The van der Waals surface area contributed by atoms with E-state index < -0.39 is 0 Å². The zero-order valence-electron chi connectivity index (χ0n) is 19.6. The van der Waals surface area contributed by atoms with Gasteiger partial charge in [-0.25, -0.2) is 0 Å². The Kier molecular flexibility index (Phi) is 8.48. The van der Waals surface area contributed by atoms with Crippen LogP contribution < -0.4 is 0 Å². The number of nitrogens with zero attached hydrogens (tertiary/aromatic N) is 1. The molecule has 1 heterocycles. The first-order valence-corrected chi connectivity index (χ1v) is 11.7. The van der Waals surface area contributed by atoms with Crippen LogP contribution in [0.4, 0.5) is 0 Å². The third-order valence-corrected chi connectivity index (χ3v) is 5.68. The van der Waals surface area contributed by atoms with E-state index >= 15 is 0 Å². The predicted molar refractivity (Wildman–Crippen MR) is 141 cm³/mol. The summed E-state index contributed by atoms with van der Waals surface area (Å²) in [4.78, 5) is 2.32. The smallest absolute Gasteiger partial charge is 0.115 e. The van der Waals surface area contributed by atoms with Crippen LogP contribution in [0.15, 0.2) is 144 Å². The van der Waals surface area contributed by atoms with Crippen molar-refractivity contribution in [1.82, 2.24) is 4.90 Å². The summed E-state index contributed by atoms with van der Waals surface area (Å²) in [6.45, 7) is 1.99. The van der Waals surface area contributed by atoms with Crippen LogP contribution in [0.25, 0.3) is 0 Å². The molecular weight excluding hydrogens is 414 g/mol. The topological polar surface area (TPSA) is 16.4 Å². The van der Waals surface area contributed by atoms with Gasteiger partial charge in [0.1, 0.15) is 5.76 Å². The van der Waals surface area contributed by atoms with E-state index in [9.17, 15) is 0 Å². The second kappa shape index (κ2) is 12.4. The molecule has 0 amide bonds. The van der Waals surface area contributed by atoms with Gasteiger partial charge in [-0.1, -0.05) is 121 Å². The number of furan rings is 1. The quantitative estimate of drug-likeness (QED) is 0.254. The Morgan fingerprint density at radius 2 is 0.941 bits per heavy atom. The minimum atomic E-state index is 0.169. The summed E-state index contributed by atoms with van der Waals surface area (Å²) in [6, 6.07) is 46.0. The van der Waals surface area contributed by atoms with Crippen LogP contribution >= 0.6 is 0 Å². The molecule has 2 nitrogen and oxygen atoms in total. The van der Waals surface area contributed by atoms with Gasteiger partial charge in [-0.3, -0.25) is 4.90 Å². The molecule has 0 unspecified atom stereocenters. The van der Waals surface area contributed by atoms with E-state index in [1.54, 1.807) is 6.26 Å².